The number of nitrogens with zero attached hydrogens (tertiary/aromatic N) is 4. The summed E-state index contributed by atoms with van der Waals surface area (Å²) in [6.07, 6.45) is 5.69. The second-order valence-corrected chi connectivity index (χ2v) is 10.3. The SMILES string of the molecule is Cc1ccc(/C=C2\SC(=S)N(CCCC(=O)N3CCN(CCc4ccccn4)CC3)C2=O)cc1. The standard InChI is InChI=1S/C26H30N4O2S2/c1-20-7-9-21(10-8-20)19-23-25(32)30(26(33)34-23)13-4-6-24(31)29-17-15-28(16-18-29)14-11-22-5-2-3-12-27-22/h2-3,5,7-10,12,19H,4,6,11,13-18H2,1H3/b23-19-. The van der Waals surface area contributed by atoms with E-state index in [1.165, 1.54) is 17.3 Å². The van der Waals surface area contributed by atoms with Gasteiger partial charge in [-0.25, -0.2) is 0 Å². The Bertz CT molecular complexity index is 1050. The Morgan fingerprint density at radius 1 is 1.09 bits per heavy atom. The van der Waals surface area contributed by atoms with Crippen molar-refractivity contribution in [3.63, 3.8) is 0 Å². The quantitative estimate of drug-likeness (QED) is 0.412. The molecule has 1 aromatic carbocycles. The van der Waals surface area contributed by atoms with Gasteiger partial charge in [0.1, 0.15) is 4.32 Å². The Kier molecular flexibility index (Phi) is 8.48. The van der Waals surface area contributed by atoms with Gasteiger partial charge in [-0.15, -0.1) is 0 Å². The predicted molar refractivity (Wildman–Crippen MR) is 141 cm³/mol. The molecular formula is C26H30N4O2S2. The van der Waals surface area contributed by atoms with Crippen molar-refractivity contribution in [3.8, 4) is 0 Å². The fourth-order valence-corrected chi connectivity index (χ4v) is 5.40. The molecule has 0 unspecified atom stereocenters. The van der Waals surface area contributed by atoms with Crippen molar-refractivity contribution in [3.05, 3.63) is 70.4 Å². The van der Waals surface area contributed by atoms with E-state index in [9.17, 15) is 9.59 Å². The molecule has 0 bridgehead atoms. The first-order chi connectivity index (χ1) is 16.5. The molecule has 178 valence electrons. The van der Waals surface area contributed by atoms with E-state index in [1.807, 2.05) is 60.5 Å². The van der Waals surface area contributed by atoms with Crippen LogP contribution in [0, 0.1) is 6.92 Å². The number of benzene rings is 1. The first-order valence-electron chi connectivity index (χ1n) is 11.7. The molecule has 2 aliphatic heterocycles. The van der Waals surface area contributed by atoms with Crippen molar-refractivity contribution < 1.29 is 9.59 Å². The lowest BCUT2D eigenvalue weighted by Crippen LogP contribution is -2.49. The number of hydrogen-bond donors (Lipinski definition) is 0. The van der Waals surface area contributed by atoms with Gasteiger partial charge in [0.15, 0.2) is 0 Å². The molecule has 1 aromatic heterocycles. The van der Waals surface area contributed by atoms with Gasteiger partial charge in [-0.2, -0.15) is 0 Å². The molecule has 0 atom stereocenters. The number of aryl methyl sites for hydroxylation is 1. The van der Waals surface area contributed by atoms with E-state index in [0.717, 1.165) is 50.4 Å². The Balaban J connectivity index is 1.18. The van der Waals surface area contributed by atoms with Gasteiger partial charge in [0.25, 0.3) is 5.91 Å². The summed E-state index contributed by atoms with van der Waals surface area (Å²) >= 11 is 6.77. The van der Waals surface area contributed by atoms with E-state index in [2.05, 4.69) is 16.0 Å². The van der Waals surface area contributed by atoms with Crippen LogP contribution in [0.2, 0.25) is 0 Å². The molecular weight excluding hydrogens is 464 g/mol. The highest BCUT2D eigenvalue weighted by Gasteiger charge is 2.32. The maximum Gasteiger partial charge on any atom is 0.266 e. The zero-order valence-electron chi connectivity index (χ0n) is 19.5. The molecule has 2 saturated heterocycles. The fourth-order valence-electron chi connectivity index (χ4n) is 4.09. The van der Waals surface area contributed by atoms with Crippen LogP contribution in [0.4, 0.5) is 0 Å². The molecule has 2 fully saturated rings. The maximum absolute atomic E-state index is 12.8. The number of carbonyl (C=O) groups excluding carboxylic acids is 2. The van der Waals surface area contributed by atoms with Crippen LogP contribution < -0.4 is 0 Å². The second kappa shape index (κ2) is 11.7. The Hall–Kier alpha value is -2.55. The van der Waals surface area contributed by atoms with Crippen molar-refractivity contribution in [1.29, 1.82) is 0 Å². The third-order valence-corrected chi connectivity index (χ3v) is 7.53. The first kappa shape index (κ1) is 24.6. The molecule has 8 heteroatoms. The van der Waals surface area contributed by atoms with Crippen LogP contribution in [0.1, 0.15) is 29.7 Å². The third-order valence-electron chi connectivity index (χ3n) is 6.16. The summed E-state index contributed by atoms with van der Waals surface area (Å²) in [4.78, 5) is 36.5. The Morgan fingerprint density at radius 3 is 2.56 bits per heavy atom. The lowest BCUT2D eigenvalue weighted by Gasteiger charge is -2.34. The van der Waals surface area contributed by atoms with E-state index in [4.69, 9.17) is 12.2 Å². The van der Waals surface area contributed by atoms with Crippen LogP contribution in [0.3, 0.4) is 0 Å². The molecule has 0 radical (unpaired) electrons. The van der Waals surface area contributed by atoms with E-state index in [-0.39, 0.29) is 11.8 Å². The van der Waals surface area contributed by atoms with Gasteiger partial charge in [0.05, 0.1) is 4.91 Å². The number of pyridine rings is 1. The zero-order valence-corrected chi connectivity index (χ0v) is 21.1. The summed E-state index contributed by atoms with van der Waals surface area (Å²) in [5, 5.41) is 0. The van der Waals surface area contributed by atoms with E-state index < -0.39 is 0 Å². The molecule has 6 nitrogen and oxygen atoms in total. The number of carbonyl (C=O) groups is 2. The topological polar surface area (TPSA) is 56.8 Å². The van der Waals surface area contributed by atoms with Crippen molar-refractivity contribution in [2.45, 2.75) is 26.2 Å². The fraction of sp³-hybridized carbons (Fsp3) is 0.385. The van der Waals surface area contributed by atoms with Crippen molar-refractivity contribution in [2.24, 2.45) is 0 Å². The van der Waals surface area contributed by atoms with E-state index in [0.29, 0.717) is 28.6 Å². The number of piperazine rings is 1. The van der Waals surface area contributed by atoms with Crippen LogP contribution in [-0.4, -0.2) is 75.1 Å². The summed E-state index contributed by atoms with van der Waals surface area (Å²) < 4.78 is 0.567. The van der Waals surface area contributed by atoms with Crippen molar-refractivity contribution in [2.75, 3.05) is 39.3 Å². The van der Waals surface area contributed by atoms with Gasteiger partial charge in [0, 0.05) is 64.0 Å². The highest BCUT2D eigenvalue weighted by atomic mass is 32.2. The second-order valence-electron chi connectivity index (χ2n) is 8.64. The summed E-state index contributed by atoms with van der Waals surface area (Å²) in [7, 11) is 0. The molecule has 2 aliphatic rings. The molecule has 0 N–H and O–H groups in total. The average molecular weight is 495 g/mol. The smallest absolute Gasteiger partial charge is 0.266 e. The van der Waals surface area contributed by atoms with Gasteiger partial charge in [-0.1, -0.05) is 59.9 Å². The number of thiocarbonyl (C=S) groups is 1. The molecule has 2 amide bonds. The summed E-state index contributed by atoms with van der Waals surface area (Å²) in [6, 6.07) is 14.0. The van der Waals surface area contributed by atoms with Gasteiger partial charge < -0.3 is 4.90 Å². The average Bonchev–Trinajstić information content (AvgIpc) is 3.12. The summed E-state index contributed by atoms with van der Waals surface area (Å²) in [5.74, 6) is 0.0922. The lowest BCUT2D eigenvalue weighted by molar-refractivity contribution is -0.133. The minimum atomic E-state index is -0.0652. The van der Waals surface area contributed by atoms with Crippen molar-refractivity contribution >= 4 is 46.2 Å². The summed E-state index contributed by atoms with van der Waals surface area (Å²) in [6.45, 7) is 6.75. The number of rotatable bonds is 8. The third kappa shape index (κ3) is 6.52. The molecule has 34 heavy (non-hydrogen) atoms. The van der Waals surface area contributed by atoms with Crippen LogP contribution in [0.15, 0.2) is 53.6 Å². The number of hydrogen-bond acceptors (Lipinski definition) is 6. The monoisotopic (exact) mass is 494 g/mol. The van der Waals surface area contributed by atoms with Gasteiger partial charge in [-0.05, 0) is 37.1 Å². The highest BCUT2D eigenvalue weighted by molar-refractivity contribution is 8.26. The molecule has 0 spiro atoms. The normalized spacial score (nSPS) is 18.2. The lowest BCUT2D eigenvalue weighted by atomic mass is 10.1. The van der Waals surface area contributed by atoms with Crippen LogP contribution in [-0.2, 0) is 16.0 Å². The number of aromatic nitrogens is 1. The number of amides is 2. The van der Waals surface area contributed by atoms with Crippen LogP contribution in [0.25, 0.3) is 6.08 Å². The molecule has 0 aliphatic carbocycles. The maximum atomic E-state index is 12.8. The van der Waals surface area contributed by atoms with Crippen molar-refractivity contribution in [1.82, 2.24) is 19.7 Å². The van der Waals surface area contributed by atoms with Gasteiger partial charge in [0.2, 0.25) is 5.91 Å². The zero-order chi connectivity index (χ0) is 23.9. The van der Waals surface area contributed by atoms with E-state index in [1.54, 1.807) is 4.90 Å². The van der Waals surface area contributed by atoms with Gasteiger partial charge in [-0.3, -0.25) is 24.4 Å². The summed E-state index contributed by atoms with van der Waals surface area (Å²) in [5.41, 5.74) is 3.27. The number of thioether (sulfide) groups is 1. The van der Waals surface area contributed by atoms with Crippen LogP contribution in [0.5, 0.6) is 0 Å². The largest absolute Gasteiger partial charge is 0.340 e. The molecule has 2 aromatic rings. The molecule has 4 rings (SSSR count). The molecule has 3 heterocycles. The predicted octanol–water partition coefficient (Wildman–Crippen LogP) is 3.76. The Labute approximate surface area is 211 Å². The molecule has 0 saturated carbocycles. The first-order valence-corrected chi connectivity index (χ1v) is 12.9. The van der Waals surface area contributed by atoms with E-state index >= 15 is 0 Å². The van der Waals surface area contributed by atoms with Gasteiger partial charge >= 0.3 is 0 Å². The minimum absolute atomic E-state index is 0.0652. The highest BCUT2D eigenvalue weighted by Crippen LogP contribution is 2.32. The Morgan fingerprint density at radius 2 is 1.85 bits per heavy atom. The van der Waals surface area contributed by atoms with Crippen LogP contribution >= 0.6 is 24.0 Å². The minimum Gasteiger partial charge on any atom is -0.340 e.